The van der Waals surface area contributed by atoms with Gasteiger partial charge < -0.3 is 20.5 Å². The van der Waals surface area contributed by atoms with E-state index < -0.39 is 11.4 Å². The number of hydrogen-bond donors (Lipinski definition) is 2. The molecular formula is C15H22ClFN2O3. The number of nitrogens with one attached hydrogen (secondary N) is 1. The molecule has 1 heterocycles. The van der Waals surface area contributed by atoms with Gasteiger partial charge in [0.2, 0.25) is 5.91 Å². The molecule has 0 bridgehead atoms. The number of amides is 1. The molecule has 5 nitrogen and oxygen atoms in total. The van der Waals surface area contributed by atoms with Gasteiger partial charge in [0.25, 0.3) is 0 Å². The van der Waals surface area contributed by atoms with E-state index >= 15 is 0 Å². The Morgan fingerprint density at radius 3 is 2.73 bits per heavy atom. The first-order valence-electron chi connectivity index (χ1n) is 7.07. The molecule has 2 rings (SSSR count). The maximum absolute atomic E-state index is 13.5. The zero-order valence-corrected chi connectivity index (χ0v) is 13.3. The Morgan fingerprint density at radius 1 is 1.45 bits per heavy atom. The van der Waals surface area contributed by atoms with E-state index in [1.807, 2.05) is 0 Å². The van der Waals surface area contributed by atoms with Crippen LogP contribution in [-0.4, -0.2) is 37.3 Å². The molecule has 1 fully saturated rings. The van der Waals surface area contributed by atoms with Crippen molar-refractivity contribution >= 4 is 18.3 Å². The smallest absolute Gasteiger partial charge is 0.240 e. The van der Waals surface area contributed by atoms with E-state index in [4.69, 9.17) is 15.2 Å². The number of rotatable bonds is 5. The number of nitrogens with two attached hydrogens (primary N) is 1. The Balaban J connectivity index is 0.00000242. The molecule has 0 aliphatic carbocycles. The standard InChI is InChI=1S/C15H21FN2O3.ClH/c1-11(21-13-5-3-2-4-12(13)16)10-18-14(19)15(17)6-8-20-9-7-15;/h2-5,11H,6-10,17H2,1H3,(H,18,19);1H. The first kappa shape index (κ1) is 18.7. The van der Waals surface area contributed by atoms with Crippen molar-refractivity contribution < 1.29 is 18.7 Å². The molecule has 0 radical (unpaired) electrons. The Kier molecular flexibility index (Phi) is 7.06. The van der Waals surface area contributed by atoms with Crippen LogP contribution in [0.5, 0.6) is 5.75 Å². The number of carbonyl (C=O) groups is 1. The largest absolute Gasteiger partial charge is 0.486 e. The molecule has 0 saturated carbocycles. The maximum atomic E-state index is 13.5. The zero-order chi connectivity index (χ0) is 15.3. The summed E-state index contributed by atoms with van der Waals surface area (Å²) in [4.78, 5) is 12.1. The number of carbonyl (C=O) groups excluding carboxylic acids is 1. The fourth-order valence-corrected chi connectivity index (χ4v) is 2.17. The molecule has 1 aromatic rings. The van der Waals surface area contributed by atoms with Crippen LogP contribution in [-0.2, 0) is 9.53 Å². The van der Waals surface area contributed by atoms with Crippen LogP contribution >= 0.6 is 12.4 Å². The monoisotopic (exact) mass is 332 g/mol. The van der Waals surface area contributed by atoms with Gasteiger partial charge in [0.1, 0.15) is 6.10 Å². The predicted octanol–water partition coefficient (Wildman–Crippen LogP) is 1.64. The molecule has 1 saturated heterocycles. The van der Waals surface area contributed by atoms with Crippen molar-refractivity contribution in [2.24, 2.45) is 5.73 Å². The van der Waals surface area contributed by atoms with Gasteiger partial charge in [-0.15, -0.1) is 12.4 Å². The first-order valence-corrected chi connectivity index (χ1v) is 7.07. The van der Waals surface area contributed by atoms with Gasteiger partial charge in [-0.25, -0.2) is 4.39 Å². The van der Waals surface area contributed by atoms with Gasteiger partial charge in [0, 0.05) is 13.2 Å². The molecular weight excluding hydrogens is 311 g/mol. The van der Waals surface area contributed by atoms with E-state index in [0.717, 1.165) is 0 Å². The van der Waals surface area contributed by atoms with E-state index in [1.54, 1.807) is 25.1 Å². The van der Waals surface area contributed by atoms with Crippen LogP contribution in [0.25, 0.3) is 0 Å². The Bertz CT molecular complexity index is 495. The Labute approximate surface area is 135 Å². The molecule has 124 valence electrons. The predicted molar refractivity (Wildman–Crippen MR) is 83.7 cm³/mol. The van der Waals surface area contributed by atoms with Gasteiger partial charge in [-0.05, 0) is 31.9 Å². The normalized spacial score (nSPS) is 18.0. The minimum Gasteiger partial charge on any atom is -0.486 e. The van der Waals surface area contributed by atoms with Crippen molar-refractivity contribution in [2.75, 3.05) is 19.8 Å². The fourth-order valence-electron chi connectivity index (χ4n) is 2.17. The average molecular weight is 333 g/mol. The lowest BCUT2D eigenvalue weighted by Crippen LogP contribution is -2.57. The zero-order valence-electron chi connectivity index (χ0n) is 12.5. The summed E-state index contributed by atoms with van der Waals surface area (Å²) >= 11 is 0. The maximum Gasteiger partial charge on any atom is 0.240 e. The number of halogens is 2. The second-order valence-corrected chi connectivity index (χ2v) is 5.34. The van der Waals surface area contributed by atoms with Crippen molar-refractivity contribution in [3.05, 3.63) is 30.1 Å². The Morgan fingerprint density at radius 2 is 2.09 bits per heavy atom. The van der Waals surface area contributed by atoms with Crippen LogP contribution in [0, 0.1) is 5.82 Å². The van der Waals surface area contributed by atoms with E-state index in [2.05, 4.69) is 5.32 Å². The van der Waals surface area contributed by atoms with E-state index in [0.29, 0.717) is 26.1 Å². The topological polar surface area (TPSA) is 73.6 Å². The molecule has 7 heteroatoms. The van der Waals surface area contributed by atoms with Crippen LogP contribution < -0.4 is 15.8 Å². The minimum absolute atomic E-state index is 0. The number of benzene rings is 1. The van der Waals surface area contributed by atoms with Crippen LogP contribution in [0.3, 0.4) is 0 Å². The summed E-state index contributed by atoms with van der Waals surface area (Å²) in [5, 5.41) is 2.77. The fraction of sp³-hybridized carbons (Fsp3) is 0.533. The van der Waals surface area contributed by atoms with Gasteiger partial charge in [-0.1, -0.05) is 12.1 Å². The lowest BCUT2D eigenvalue weighted by molar-refractivity contribution is -0.130. The third-order valence-corrected chi connectivity index (χ3v) is 3.55. The van der Waals surface area contributed by atoms with E-state index in [1.165, 1.54) is 6.07 Å². The summed E-state index contributed by atoms with van der Waals surface area (Å²) in [5.41, 5.74) is 5.19. The molecule has 3 N–H and O–H groups in total. The highest BCUT2D eigenvalue weighted by molar-refractivity contribution is 5.86. The summed E-state index contributed by atoms with van der Waals surface area (Å²) in [6.45, 7) is 3.02. The van der Waals surface area contributed by atoms with Crippen molar-refractivity contribution in [3.63, 3.8) is 0 Å². The third kappa shape index (κ3) is 4.83. The van der Waals surface area contributed by atoms with E-state index in [9.17, 15) is 9.18 Å². The summed E-state index contributed by atoms with van der Waals surface area (Å²) in [6.07, 6.45) is 0.650. The first-order chi connectivity index (χ1) is 10.0. The van der Waals surface area contributed by atoms with Crippen LogP contribution in [0.4, 0.5) is 4.39 Å². The second-order valence-electron chi connectivity index (χ2n) is 5.34. The molecule has 1 atom stereocenters. The quantitative estimate of drug-likeness (QED) is 0.859. The number of hydrogen-bond acceptors (Lipinski definition) is 4. The lowest BCUT2D eigenvalue weighted by Gasteiger charge is -2.32. The van der Waals surface area contributed by atoms with Gasteiger partial charge in [-0.3, -0.25) is 4.79 Å². The van der Waals surface area contributed by atoms with Crippen molar-refractivity contribution in [3.8, 4) is 5.75 Å². The molecule has 0 spiro atoms. The van der Waals surface area contributed by atoms with Gasteiger partial charge in [-0.2, -0.15) is 0 Å². The molecule has 1 aliphatic heterocycles. The van der Waals surface area contributed by atoms with E-state index in [-0.39, 0.29) is 36.7 Å². The van der Waals surface area contributed by atoms with Crippen LogP contribution in [0.2, 0.25) is 0 Å². The highest BCUT2D eigenvalue weighted by Gasteiger charge is 2.35. The molecule has 1 unspecified atom stereocenters. The summed E-state index contributed by atoms with van der Waals surface area (Å²) in [6, 6.07) is 6.17. The summed E-state index contributed by atoms with van der Waals surface area (Å²) in [7, 11) is 0. The molecule has 22 heavy (non-hydrogen) atoms. The highest BCUT2D eigenvalue weighted by atomic mass is 35.5. The highest BCUT2D eigenvalue weighted by Crippen LogP contribution is 2.18. The molecule has 1 aromatic carbocycles. The van der Waals surface area contributed by atoms with Gasteiger partial charge in [0.05, 0.1) is 12.1 Å². The Hall–Kier alpha value is -1.37. The van der Waals surface area contributed by atoms with Gasteiger partial charge >= 0.3 is 0 Å². The lowest BCUT2D eigenvalue weighted by atomic mass is 9.90. The second kappa shape index (κ2) is 8.31. The van der Waals surface area contributed by atoms with Crippen LogP contribution in [0.1, 0.15) is 19.8 Å². The van der Waals surface area contributed by atoms with Crippen molar-refractivity contribution in [1.82, 2.24) is 5.32 Å². The van der Waals surface area contributed by atoms with Crippen molar-refractivity contribution in [1.29, 1.82) is 0 Å². The molecule has 0 aromatic heterocycles. The summed E-state index contributed by atoms with van der Waals surface area (Å²) < 4.78 is 24.1. The average Bonchev–Trinajstić information content (AvgIpc) is 2.48. The molecule has 1 aliphatic rings. The molecule has 1 amide bonds. The number of para-hydroxylation sites is 1. The van der Waals surface area contributed by atoms with Gasteiger partial charge in [0.15, 0.2) is 11.6 Å². The third-order valence-electron chi connectivity index (χ3n) is 3.55. The SMILES string of the molecule is CC(CNC(=O)C1(N)CCOCC1)Oc1ccccc1F.Cl. The van der Waals surface area contributed by atoms with Crippen LogP contribution in [0.15, 0.2) is 24.3 Å². The summed E-state index contributed by atoms with van der Waals surface area (Å²) in [5.74, 6) is -0.460. The number of ether oxygens (including phenoxy) is 2. The van der Waals surface area contributed by atoms with Crippen molar-refractivity contribution in [2.45, 2.75) is 31.4 Å². The minimum atomic E-state index is -0.879.